The van der Waals surface area contributed by atoms with E-state index in [1.165, 1.54) is 4.90 Å². The summed E-state index contributed by atoms with van der Waals surface area (Å²) in [7, 11) is 0. The van der Waals surface area contributed by atoms with Gasteiger partial charge in [-0.25, -0.2) is 4.79 Å². The van der Waals surface area contributed by atoms with Crippen LogP contribution in [-0.4, -0.2) is 29.4 Å². The molecule has 1 atom stereocenters. The van der Waals surface area contributed by atoms with Crippen LogP contribution in [0.15, 0.2) is 24.3 Å². The Morgan fingerprint density at radius 3 is 2.48 bits per heavy atom. The molecule has 6 nitrogen and oxygen atoms in total. The highest BCUT2D eigenvalue weighted by Crippen LogP contribution is 2.33. The average Bonchev–Trinajstić information content (AvgIpc) is 2.45. The fraction of sp³-hybridized carbons (Fsp3) is 0.400. The molecular weight excluding hydrogens is 272 g/mol. The number of hydrogen-bond acceptors (Lipinski definition) is 4. The molecule has 1 aromatic carbocycles. The third-order valence-electron chi connectivity index (χ3n) is 3.24. The number of benzene rings is 1. The molecule has 0 aliphatic carbocycles. The van der Waals surface area contributed by atoms with Crippen molar-refractivity contribution in [3.8, 4) is 0 Å². The number of rotatable bonds is 1. The summed E-state index contributed by atoms with van der Waals surface area (Å²) < 4.78 is 4.84. The van der Waals surface area contributed by atoms with Gasteiger partial charge in [-0.3, -0.25) is 9.59 Å². The number of primary amides is 1. The Labute approximate surface area is 122 Å². The van der Waals surface area contributed by atoms with Gasteiger partial charge in [0.1, 0.15) is 0 Å². The van der Waals surface area contributed by atoms with Gasteiger partial charge in [0.05, 0.1) is 12.1 Å². The number of ether oxygens (including phenoxy) is 1. The van der Waals surface area contributed by atoms with Crippen molar-refractivity contribution in [2.24, 2.45) is 5.73 Å². The summed E-state index contributed by atoms with van der Waals surface area (Å²) in [5.74, 6) is -0.698. The molecule has 0 bridgehead atoms. The van der Waals surface area contributed by atoms with Crippen molar-refractivity contribution in [1.82, 2.24) is 0 Å². The Kier molecular flexibility index (Phi) is 3.72. The molecule has 0 saturated heterocycles. The quantitative estimate of drug-likeness (QED) is 0.855. The highest BCUT2D eigenvalue weighted by Gasteiger charge is 2.40. The molecule has 0 aromatic heterocycles. The number of ketones is 1. The second kappa shape index (κ2) is 5.20. The summed E-state index contributed by atoms with van der Waals surface area (Å²) in [5, 5.41) is 0. The van der Waals surface area contributed by atoms with Crippen LogP contribution in [0.1, 0.15) is 37.6 Å². The van der Waals surface area contributed by atoms with Crippen molar-refractivity contribution in [3.63, 3.8) is 0 Å². The van der Waals surface area contributed by atoms with Crippen molar-refractivity contribution in [2.45, 2.75) is 38.8 Å². The highest BCUT2D eigenvalue weighted by atomic mass is 16.6. The largest absolute Gasteiger partial charge is 0.436 e. The lowest BCUT2D eigenvalue weighted by Crippen LogP contribution is -2.51. The van der Waals surface area contributed by atoms with Crippen LogP contribution in [0.5, 0.6) is 0 Å². The number of Topliss-reactive ketones (excluding diaryl/α,β-unsaturated/α-hetero) is 1. The fourth-order valence-corrected chi connectivity index (χ4v) is 2.46. The Bertz CT molecular complexity index is 604. The van der Waals surface area contributed by atoms with Crippen LogP contribution in [0.3, 0.4) is 0 Å². The smallest absolute Gasteiger partial charge is 0.405 e. The van der Waals surface area contributed by atoms with Gasteiger partial charge in [0.25, 0.3) is 5.91 Å². The van der Waals surface area contributed by atoms with Gasteiger partial charge in [-0.1, -0.05) is 12.1 Å². The molecule has 1 heterocycles. The molecular formula is C15H18N2O4. The molecule has 1 aliphatic rings. The number of fused-ring (bicyclic) bond motifs is 1. The standard InChI is InChI=1S/C15H18N2O4/c1-15(2,3)17-10-7-5-4-6-9(10)11(18)8-12(13(17)19)21-14(16)20/h4-7,12H,8H2,1-3H3,(H2,16,20)/t12-/m1/s1. The summed E-state index contributed by atoms with van der Waals surface area (Å²) in [6.45, 7) is 5.54. The minimum absolute atomic E-state index is 0.203. The topological polar surface area (TPSA) is 89.7 Å². The molecule has 2 rings (SSSR count). The minimum atomic E-state index is -1.19. The van der Waals surface area contributed by atoms with Crippen LogP contribution in [0.4, 0.5) is 10.5 Å². The van der Waals surface area contributed by atoms with Crippen LogP contribution in [0.25, 0.3) is 0 Å². The summed E-state index contributed by atoms with van der Waals surface area (Å²) in [6, 6.07) is 6.87. The Balaban J connectivity index is 2.57. The molecule has 0 radical (unpaired) electrons. The number of amides is 2. The van der Waals surface area contributed by atoms with Crippen LogP contribution in [-0.2, 0) is 9.53 Å². The number of carbonyl (C=O) groups excluding carboxylic acids is 3. The van der Waals surface area contributed by atoms with Crippen molar-refractivity contribution in [1.29, 1.82) is 0 Å². The van der Waals surface area contributed by atoms with Crippen LogP contribution in [0.2, 0.25) is 0 Å². The van der Waals surface area contributed by atoms with Gasteiger partial charge >= 0.3 is 6.09 Å². The van der Waals surface area contributed by atoms with E-state index < -0.39 is 23.6 Å². The predicted octanol–water partition coefficient (Wildman–Crippen LogP) is 1.87. The number of carbonyl (C=O) groups is 3. The zero-order chi connectivity index (χ0) is 15.8. The number of hydrogen-bond donors (Lipinski definition) is 1. The maximum absolute atomic E-state index is 12.7. The molecule has 6 heteroatoms. The monoisotopic (exact) mass is 290 g/mol. The predicted molar refractivity (Wildman–Crippen MR) is 77.1 cm³/mol. The van der Waals surface area contributed by atoms with E-state index in [-0.39, 0.29) is 12.2 Å². The van der Waals surface area contributed by atoms with Gasteiger partial charge in [-0.05, 0) is 32.9 Å². The van der Waals surface area contributed by atoms with Gasteiger partial charge in [0.15, 0.2) is 11.9 Å². The van der Waals surface area contributed by atoms with Crippen LogP contribution < -0.4 is 10.6 Å². The molecule has 1 aliphatic heterocycles. The fourth-order valence-electron chi connectivity index (χ4n) is 2.46. The first-order valence-electron chi connectivity index (χ1n) is 6.64. The van der Waals surface area contributed by atoms with Crippen molar-refractivity contribution in [3.05, 3.63) is 29.8 Å². The van der Waals surface area contributed by atoms with Crippen molar-refractivity contribution >= 4 is 23.5 Å². The van der Waals surface area contributed by atoms with Crippen molar-refractivity contribution in [2.75, 3.05) is 4.90 Å². The SMILES string of the molecule is CC(C)(C)N1C(=O)[C@H](OC(N)=O)CC(=O)c2ccccc21. The first-order valence-corrected chi connectivity index (χ1v) is 6.64. The van der Waals surface area contributed by atoms with E-state index in [1.807, 2.05) is 20.8 Å². The third-order valence-corrected chi connectivity index (χ3v) is 3.24. The van der Waals surface area contributed by atoms with Gasteiger partial charge in [-0.2, -0.15) is 0 Å². The lowest BCUT2D eigenvalue weighted by atomic mass is 10.0. The summed E-state index contributed by atoms with van der Waals surface area (Å²) in [6.07, 6.45) is -2.46. The second-order valence-electron chi connectivity index (χ2n) is 5.91. The summed E-state index contributed by atoms with van der Waals surface area (Å²) in [4.78, 5) is 37.4. The van der Waals surface area contributed by atoms with E-state index in [2.05, 4.69) is 0 Å². The van der Waals surface area contributed by atoms with Gasteiger partial charge in [-0.15, -0.1) is 0 Å². The minimum Gasteiger partial charge on any atom is -0.436 e. The van der Waals surface area contributed by atoms with E-state index >= 15 is 0 Å². The first kappa shape index (κ1) is 15.0. The Morgan fingerprint density at radius 1 is 1.29 bits per heavy atom. The van der Waals surface area contributed by atoms with Crippen LogP contribution >= 0.6 is 0 Å². The molecule has 2 N–H and O–H groups in total. The number of nitrogens with zero attached hydrogens (tertiary/aromatic N) is 1. The van der Waals surface area contributed by atoms with E-state index in [9.17, 15) is 14.4 Å². The second-order valence-corrected chi connectivity index (χ2v) is 5.91. The van der Waals surface area contributed by atoms with E-state index in [4.69, 9.17) is 10.5 Å². The molecule has 2 amide bonds. The zero-order valence-corrected chi connectivity index (χ0v) is 12.3. The number of nitrogens with two attached hydrogens (primary N) is 1. The molecule has 0 unspecified atom stereocenters. The normalized spacial score (nSPS) is 19.0. The van der Waals surface area contributed by atoms with Gasteiger partial charge in [0.2, 0.25) is 0 Å². The molecule has 0 fully saturated rings. The van der Waals surface area contributed by atoms with Crippen molar-refractivity contribution < 1.29 is 19.1 Å². The Morgan fingerprint density at radius 2 is 1.90 bits per heavy atom. The van der Waals surface area contributed by atoms with E-state index in [0.717, 1.165) is 0 Å². The molecule has 0 saturated carbocycles. The lowest BCUT2D eigenvalue weighted by molar-refractivity contribution is -0.127. The maximum Gasteiger partial charge on any atom is 0.405 e. The maximum atomic E-state index is 12.7. The van der Waals surface area contributed by atoms with E-state index in [0.29, 0.717) is 11.3 Å². The highest BCUT2D eigenvalue weighted by molar-refractivity contribution is 6.12. The van der Waals surface area contributed by atoms with Gasteiger partial charge in [0, 0.05) is 11.1 Å². The number of para-hydroxylation sites is 1. The number of anilines is 1. The molecule has 1 aromatic rings. The zero-order valence-electron chi connectivity index (χ0n) is 12.3. The summed E-state index contributed by atoms with van der Waals surface area (Å²) >= 11 is 0. The summed E-state index contributed by atoms with van der Waals surface area (Å²) in [5.41, 5.74) is 5.39. The first-order chi connectivity index (χ1) is 9.71. The van der Waals surface area contributed by atoms with E-state index in [1.54, 1.807) is 24.3 Å². The lowest BCUT2D eigenvalue weighted by Gasteiger charge is -2.36. The van der Waals surface area contributed by atoms with Gasteiger partial charge < -0.3 is 15.4 Å². The molecule has 0 spiro atoms. The average molecular weight is 290 g/mol. The molecule has 21 heavy (non-hydrogen) atoms. The Hall–Kier alpha value is -2.37. The van der Waals surface area contributed by atoms with Crippen LogP contribution in [0, 0.1) is 0 Å². The molecule has 112 valence electrons. The third kappa shape index (κ3) is 2.89.